The van der Waals surface area contributed by atoms with Gasteiger partial charge in [-0.1, -0.05) is 63.7 Å². The van der Waals surface area contributed by atoms with Crippen LogP contribution >= 0.6 is 0 Å². The first-order chi connectivity index (χ1) is 21.0. The van der Waals surface area contributed by atoms with Gasteiger partial charge in [0.05, 0.1) is 32.5 Å². The Morgan fingerprint density at radius 3 is 1.98 bits per heavy atom. The average Bonchev–Trinajstić information content (AvgIpc) is 2.98. The molecule has 0 spiro atoms. The number of hydrogen-bond acceptors (Lipinski definition) is 7. The fourth-order valence-corrected chi connectivity index (χ4v) is 4.90. The van der Waals surface area contributed by atoms with E-state index in [-0.39, 0.29) is 6.42 Å². The van der Waals surface area contributed by atoms with Gasteiger partial charge >= 0.3 is 17.9 Å². The molecule has 0 bridgehead atoms. The number of ether oxygens (including phenoxy) is 2. The smallest absolute Gasteiger partial charge is 0.326 e. The van der Waals surface area contributed by atoms with Gasteiger partial charge in [-0.15, -0.1) is 0 Å². The molecule has 0 heterocycles. The van der Waals surface area contributed by atoms with Crippen molar-refractivity contribution in [1.29, 1.82) is 0 Å². The molecule has 1 aromatic rings. The summed E-state index contributed by atoms with van der Waals surface area (Å²) in [4.78, 5) is 60.6. The Balaban J connectivity index is 2.79. The number of aliphatic carboxylic acids is 3. The van der Waals surface area contributed by atoms with Gasteiger partial charge in [0.1, 0.15) is 11.8 Å². The summed E-state index contributed by atoms with van der Waals surface area (Å²) in [5, 5.41) is 31.2. The number of unbranched alkanes of at least 4 members (excludes halogenated alkanes) is 8. The number of nitrogens with one attached hydrogen (secondary N) is 1. The van der Waals surface area contributed by atoms with Gasteiger partial charge in [-0.3, -0.25) is 19.2 Å². The minimum Gasteiger partial charge on any atom is -0.493 e. The maximum absolute atomic E-state index is 13.2. The van der Waals surface area contributed by atoms with Crippen molar-refractivity contribution in [2.24, 2.45) is 11.8 Å². The van der Waals surface area contributed by atoms with E-state index in [1.165, 1.54) is 39.6 Å². The van der Waals surface area contributed by atoms with Gasteiger partial charge in [-0.2, -0.15) is 0 Å². The first-order valence-electron chi connectivity index (χ1n) is 15.4. The van der Waals surface area contributed by atoms with Gasteiger partial charge in [-0.05, 0) is 43.4 Å². The topological polar surface area (TPSA) is 177 Å². The fraction of sp³-hybridized carbons (Fsp3) is 0.606. The molecule has 0 saturated heterocycles. The molecule has 0 aliphatic heterocycles. The van der Waals surface area contributed by atoms with Gasteiger partial charge in [0.15, 0.2) is 11.5 Å². The molecule has 3 atom stereocenters. The Hall–Kier alpha value is -3.89. The van der Waals surface area contributed by atoms with Crippen molar-refractivity contribution in [3.05, 3.63) is 35.9 Å². The summed E-state index contributed by atoms with van der Waals surface area (Å²) in [7, 11) is 2.89. The monoisotopic (exact) mass is 619 g/mol. The van der Waals surface area contributed by atoms with Gasteiger partial charge in [0.2, 0.25) is 5.91 Å². The van der Waals surface area contributed by atoms with Crippen LogP contribution in [-0.2, 0) is 30.4 Å². The highest BCUT2D eigenvalue weighted by molar-refractivity contribution is 5.91. The number of Topliss-reactive ketones (excluding diaryl/α,β-unsaturated/α-hetero) is 1. The Morgan fingerprint density at radius 2 is 1.43 bits per heavy atom. The van der Waals surface area contributed by atoms with E-state index in [1.807, 2.05) is 0 Å². The first kappa shape index (κ1) is 38.1. The average molecular weight is 620 g/mol. The molecule has 246 valence electrons. The van der Waals surface area contributed by atoms with Crippen LogP contribution < -0.4 is 14.8 Å². The molecule has 44 heavy (non-hydrogen) atoms. The number of allylic oxidation sites excluding steroid dienone is 1. The number of hydrogen-bond donors (Lipinski definition) is 4. The Labute approximate surface area is 260 Å². The third kappa shape index (κ3) is 15.0. The minimum atomic E-state index is -1.59. The fourth-order valence-electron chi connectivity index (χ4n) is 4.90. The van der Waals surface area contributed by atoms with Crippen LogP contribution in [0.1, 0.15) is 96.0 Å². The van der Waals surface area contributed by atoms with E-state index < -0.39 is 48.1 Å². The largest absolute Gasteiger partial charge is 0.493 e. The highest BCUT2D eigenvalue weighted by atomic mass is 16.5. The highest BCUT2D eigenvalue weighted by Crippen LogP contribution is 2.28. The van der Waals surface area contributed by atoms with E-state index in [4.69, 9.17) is 9.47 Å². The molecule has 1 amide bonds. The van der Waals surface area contributed by atoms with Crippen LogP contribution in [0.25, 0.3) is 0 Å². The van der Waals surface area contributed by atoms with Crippen LogP contribution in [0.5, 0.6) is 11.5 Å². The van der Waals surface area contributed by atoms with Crippen molar-refractivity contribution in [2.75, 3.05) is 14.2 Å². The van der Waals surface area contributed by atoms with Crippen molar-refractivity contribution < 1.29 is 48.8 Å². The van der Waals surface area contributed by atoms with E-state index in [9.17, 15) is 39.3 Å². The number of rotatable bonds is 25. The van der Waals surface area contributed by atoms with Crippen LogP contribution in [0, 0.1) is 11.8 Å². The molecule has 0 fully saturated rings. The zero-order chi connectivity index (χ0) is 32.9. The van der Waals surface area contributed by atoms with Crippen molar-refractivity contribution >= 4 is 29.6 Å². The summed E-state index contributed by atoms with van der Waals surface area (Å²) in [5.41, 5.74) is 0.524. The van der Waals surface area contributed by atoms with E-state index in [2.05, 4.69) is 12.2 Å². The van der Waals surface area contributed by atoms with Crippen molar-refractivity contribution in [3.63, 3.8) is 0 Å². The first-order valence-corrected chi connectivity index (χ1v) is 15.4. The lowest BCUT2D eigenvalue weighted by Crippen LogP contribution is -2.47. The molecule has 0 radical (unpaired) electrons. The van der Waals surface area contributed by atoms with E-state index in [0.717, 1.165) is 38.5 Å². The Bertz CT molecular complexity index is 1100. The van der Waals surface area contributed by atoms with Gasteiger partial charge in [0, 0.05) is 19.3 Å². The molecule has 1 rings (SSSR count). The predicted octanol–water partition coefficient (Wildman–Crippen LogP) is 5.43. The van der Waals surface area contributed by atoms with Crippen molar-refractivity contribution in [1.82, 2.24) is 5.32 Å². The van der Waals surface area contributed by atoms with E-state index in [1.54, 1.807) is 24.3 Å². The Morgan fingerprint density at radius 1 is 0.818 bits per heavy atom. The molecule has 0 unspecified atom stereocenters. The SMILES string of the molecule is CCCCCCCC(=O)CCCCCC/C=C/[C@H](C(=O)N[C@@H](Cc1ccc(OC)c(OC)c1)C(=O)O)[C@@H](CC(=O)O)C(=O)O. The maximum atomic E-state index is 13.2. The van der Waals surface area contributed by atoms with Crippen LogP contribution in [0.3, 0.4) is 0 Å². The normalized spacial score (nSPS) is 13.2. The summed E-state index contributed by atoms with van der Waals surface area (Å²) in [5.74, 6) is -6.97. The highest BCUT2D eigenvalue weighted by Gasteiger charge is 2.35. The lowest BCUT2D eigenvalue weighted by molar-refractivity contribution is -0.152. The zero-order valence-electron chi connectivity index (χ0n) is 26.2. The summed E-state index contributed by atoms with van der Waals surface area (Å²) in [6.07, 6.45) is 12.6. The van der Waals surface area contributed by atoms with Gasteiger partial charge in [0.25, 0.3) is 0 Å². The van der Waals surface area contributed by atoms with Gasteiger partial charge < -0.3 is 30.1 Å². The molecular formula is C33H49NO10. The van der Waals surface area contributed by atoms with Crippen LogP contribution in [0.2, 0.25) is 0 Å². The van der Waals surface area contributed by atoms with Crippen molar-refractivity contribution in [2.45, 2.75) is 103 Å². The number of amides is 1. The lowest BCUT2D eigenvalue weighted by atomic mass is 9.87. The lowest BCUT2D eigenvalue weighted by Gasteiger charge is -2.22. The number of methoxy groups -OCH3 is 2. The zero-order valence-corrected chi connectivity index (χ0v) is 26.2. The van der Waals surface area contributed by atoms with Crippen molar-refractivity contribution in [3.8, 4) is 11.5 Å². The number of carbonyl (C=O) groups excluding carboxylic acids is 2. The third-order valence-electron chi connectivity index (χ3n) is 7.43. The molecule has 4 N–H and O–H groups in total. The number of carboxylic acids is 3. The Kier molecular flexibility index (Phi) is 18.8. The summed E-state index contributed by atoms with van der Waals surface area (Å²) in [6.45, 7) is 2.16. The molecule has 11 heteroatoms. The van der Waals surface area contributed by atoms with E-state index >= 15 is 0 Å². The molecule has 0 aliphatic rings. The minimum absolute atomic E-state index is 0.129. The third-order valence-corrected chi connectivity index (χ3v) is 7.43. The molecule has 0 aromatic heterocycles. The van der Waals surface area contributed by atoms with Gasteiger partial charge in [-0.25, -0.2) is 4.79 Å². The predicted molar refractivity (Wildman–Crippen MR) is 165 cm³/mol. The maximum Gasteiger partial charge on any atom is 0.326 e. The summed E-state index contributed by atoms with van der Waals surface area (Å²) >= 11 is 0. The standard InChI is InChI=1S/C33H49NO10/c1-4-5-6-9-12-15-24(35)16-13-10-7-8-11-14-17-25(26(32(39)40)22-30(36)37)31(38)34-27(33(41)42)20-23-18-19-28(43-2)29(21-23)44-3/h14,17-19,21,25-27H,4-13,15-16,20,22H2,1-3H3,(H,34,38)(H,36,37)(H,39,40)(H,41,42)/b17-14+/t25-,26+,27-/m0/s1. The van der Waals surface area contributed by atoms with Crippen LogP contribution in [-0.4, -0.2) is 65.2 Å². The summed E-state index contributed by atoms with van der Waals surface area (Å²) in [6, 6.07) is 3.39. The molecule has 0 saturated carbocycles. The molecule has 1 aromatic carbocycles. The summed E-state index contributed by atoms with van der Waals surface area (Å²) < 4.78 is 10.4. The van der Waals surface area contributed by atoms with Crippen LogP contribution in [0.15, 0.2) is 30.4 Å². The second-order valence-corrected chi connectivity index (χ2v) is 10.9. The number of benzene rings is 1. The van der Waals surface area contributed by atoms with E-state index in [0.29, 0.717) is 42.1 Å². The quantitative estimate of drug-likeness (QED) is 0.0815. The van der Waals surface area contributed by atoms with Crippen LogP contribution in [0.4, 0.5) is 0 Å². The molecule has 0 aliphatic carbocycles. The molecule has 11 nitrogen and oxygen atoms in total. The molecular weight excluding hydrogens is 570 g/mol. The number of carboxylic acid groups (broad SMARTS) is 3. The second-order valence-electron chi connectivity index (χ2n) is 10.9. The second kappa shape index (κ2) is 21.7. The number of ketones is 1. The number of carbonyl (C=O) groups is 5.